The Bertz CT molecular complexity index is 378. The topological polar surface area (TPSA) is 64.4 Å². The van der Waals surface area contributed by atoms with Crippen LogP contribution in [0.25, 0.3) is 0 Å². The van der Waals surface area contributed by atoms with Gasteiger partial charge in [-0.15, -0.1) is 0 Å². The van der Waals surface area contributed by atoms with Gasteiger partial charge in [0.1, 0.15) is 0 Å². The summed E-state index contributed by atoms with van der Waals surface area (Å²) in [5.74, 6) is 0. The molecule has 0 aliphatic carbocycles. The second-order valence-electron chi connectivity index (χ2n) is 4.30. The van der Waals surface area contributed by atoms with Gasteiger partial charge in [-0.3, -0.25) is 10.1 Å². The van der Waals surface area contributed by atoms with Gasteiger partial charge in [-0.2, -0.15) is 0 Å². The Morgan fingerprint density at radius 1 is 1.33 bits per heavy atom. The summed E-state index contributed by atoms with van der Waals surface area (Å²) in [5, 5.41) is 13.9. The van der Waals surface area contributed by atoms with E-state index in [1.165, 1.54) is 12.1 Å². The number of nitro groups is 1. The van der Waals surface area contributed by atoms with Crippen LogP contribution in [0.1, 0.15) is 32.4 Å². The molecule has 0 radical (unpaired) electrons. The van der Waals surface area contributed by atoms with Crippen molar-refractivity contribution in [1.82, 2.24) is 5.32 Å². The molecule has 0 spiro atoms. The summed E-state index contributed by atoms with van der Waals surface area (Å²) in [6.45, 7) is 7.42. The van der Waals surface area contributed by atoms with Crippen molar-refractivity contribution in [1.29, 1.82) is 0 Å². The molecular weight excluding hydrogens is 232 g/mol. The second kappa shape index (κ2) is 7.08. The second-order valence-corrected chi connectivity index (χ2v) is 4.30. The van der Waals surface area contributed by atoms with Gasteiger partial charge in [-0.25, -0.2) is 0 Å². The minimum atomic E-state index is -0.389. The first kappa shape index (κ1) is 14.6. The fourth-order valence-corrected chi connectivity index (χ4v) is 1.75. The lowest BCUT2D eigenvalue weighted by Gasteiger charge is -2.20. The van der Waals surface area contributed by atoms with E-state index in [-0.39, 0.29) is 22.7 Å². The number of benzene rings is 1. The maximum atomic E-state index is 10.6. The van der Waals surface area contributed by atoms with Crippen LogP contribution >= 0.6 is 0 Å². The molecule has 100 valence electrons. The lowest BCUT2D eigenvalue weighted by atomic mass is 10.1. The molecule has 0 amide bonds. The molecule has 1 rings (SSSR count). The average Bonchev–Trinajstić information content (AvgIpc) is 2.36. The molecular formula is C13H20N2O3. The highest BCUT2D eigenvalue weighted by Crippen LogP contribution is 2.17. The highest BCUT2D eigenvalue weighted by molar-refractivity contribution is 5.34. The van der Waals surface area contributed by atoms with Gasteiger partial charge < -0.3 is 10.1 Å². The summed E-state index contributed by atoms with van der Waals surface area (Å²) in [5.41, 5.74) is 1.15. The van der Waals surface area contributed by atoms with Crippen molar-refractivity contribution in [2.45, 2.75) is 32.9 Å². The molecule has 2 atom stereocenters. The van der Waals surface area contributed by atoms with E-state index in [0.717, 1.165) is 5.56 Å². The number of nitrogens with one attached hydrogen (secondary N) is 1. The number of non-ortho nitro benzene ring substituents is 1. The molecule has 1 aromatic rings. The molecule has 1 aromatic carbocycles. The molecule has 0 saturated carbocycles. The van der Waals surface area contributed by atoms with Gasteiger partial charge in [0.15, 0.2) is 0 Å². The van der Waals surface area contributed by atoms with Crippen LogP contribution in [0.2, 0.25) is 0 Å². The molecule has 18 heavy (non-hydrogen) atoms. The van der Waals surface area contributed by atoms with Crippen molar-refractivity contribution in [3.8, 4) is 0 Å². The Labute approximate surface area is 107 Å². The molecule has 0 saturated heterocycles. The molecule has 0 aromatic heterocycles. The minimum absolute atomic E-state index is 0.119. The SMILES string of the molecule is CCOCC(C)NC(C)c1ccc([N+](=O)[O-])cc1. The monoisotopic (exact) mass is 252 g/mol. The van der Waals surface area contributed by atoms with Crippen LogP contribution in [-0.2, 0) is 4.74 Å². The van der Waals surface area contributed by atoms with Crippen LogP contribution in [0.5, 0.6) is 0 Å². The van der Waals surface area contributed by atoms with Gasteiger partial charge in [0.05, 0.1) is 11.5 Å². The van der Waals surface area contributed by atoms with E-state index < -0.39 is 0 Å². The average molecular weight is 252 g/mol. The summed E-state index contributed by atoms with van der Waals surface area (Å²) in [7, 11) is 0. The smallest absolute Gasteiger partial charge is 0.269 e. The molecule has 0 fully saturated rings. The minimum Gasteiger partial charge on any atom is -0.380 e. The molecule has 5 nitrogen and oxygen atoms in total. The maximum Gasteiger partial charge on any atom is 0.269 e. The Balaban J connectivity index is 2.55. The predicted octanol–water partition coefficient (Wildman–Crippen LogP) is 2.67. The number of rotatable bonds is 7. The standard InChI is InChI=1S/C13H20N2O3/c1-4-18-9-10(2)14-11(3)12-5-7-13(8-6-12)15(16)17/h5-8,10-11,14H,4,9H2,1-3H3. The van der Waals surface area contributed by atoms with Crippen molar-refractivity contribution in [2.24, 2.45) is 0 Å². The number of ether oxygens (including phenoxy) is 1. The number of hydrogen-bond donors (Lipinski definition) is 1. The third-order valence-electron chi connectivity index (χ3n) is 2.71. The zero-order chi connectivity index (χ0) is 13.5. The molecule has 2 unspecified atom stereocenters. The zero-order valence-electron chi connectivity index (χ0n) is 11.1. The summed E-state index contributed by atoms with van der Waals surface area (Å²) in [6, 6.07) is 7.00. The van der Waals surface area contributed by atoms with Gasteiger partial charge in [0, 0.05) is 30.8 Å². The summed E-state index contributed by atoms with van der Waals surface area (Å²) >= 11 is 0. The fourth-order valence-electron chi connectivity index (χ4n) is 1.75. The number of nitrogens with zero attached hydrogens (tertiary/aromatic N) is 1. The summed E-state index contributed by atoms with van der Waals surface area (Å²) in [6.07, 6.45) is 0. The highest BCUT2D eigenvalue weighted by Gasteiger charge is 2.11. The molecule has 5 heteroatoms. The molecule has 0 aliphatic heterocycles. The van der Waals surface area contributed by atoms with Gasteiger partial charge >= 0.3 is 0 Å². The van der Waals surface area contributed by atoms with Crippen molar-refractivity contribution < 1.29 is 9.66 Å². The molecule has 0 bridgehead atoms. The van der Waals surface area contributed by atoms with Gasteiger partial charge in [0.25, 0.3) is 5.69 Å². The Morgan fingerprint density at radius 3 is 2.44 bits per heavy atom. The van der Waals surface area contributed by atoms with E-state index in [0.29, 0.717) is 13.2 Å². The quantitative estimate of drug-likeness (QED) is 0.598. The fraction of sp³-hybridized carbons (Fsp3) is 0.538. The predicted molar refractivity (Wildman–Crippen MR) is 70.6 cm³/mol. The third kappa shape index (κ3) is 4.43. The van der Waals surface area contributed by atoms with Crippen molar-refractivity contribution in [3.63, 3.8) is 0 Å². The Morgan fingerprint density at radius 2 is 1.94 bits per heavy atom. The number of nitro benzene ring substituents is 1. The van der Waals surface area contributed by atoms with Crippen LogP contribution in [0.15, 0.2) is 24.3 Å². The summed E-state index contributed by atoms with van der Waals surface area (Å²) < 4.78 is 5.33. The van der Waals surface area contributed by atoms with E-state index in [2.05, 4.69) is 12.2 Å². The first-order valence-electron chi connectivity index (χ1n) is 6.12. The lowest BCUT2D eigenvalue weighted by molar-refractivity contribution is -0.384. The van der Waals surface area contributed by atoms with E-state index >= 15 is 0 Å². The Hall–Kier alpha value is -1.46. The summed E-state index contributed by atoms with van der Waals surface area (Å²) in [4.78, 5) is 10.2. The lowest BCUT2D eigenvalue weighted by Crippen LogP contribution is -2.32. The highest BCUT2D eigenvalue weighted by atomic mass is 16.6. The van der Waals surface area contributed by atoms with E-state index in [4.69, 9.17) is 4.74 Å². The van der Waals surface area contributed by atoms with E-state index in [9.17, 15) is 10.1 Å². The first-order valence-corrected chi connectivity index (χ1v) is 6.12. The zero-order valence-corrected chi connectivity index (χ0v) is 11.1. The normalized spacial score (nSPS) is 14.2. The van der Waals surface area contributed by atoms with Crippen molar-refractivity contribution >= 4 is 5.69 Å². The van der Waals surface area contributed by atoms with Crippen LogP contribution in [-0.4, -0.2) is 24.2 Å². The Kier molecular flexibility index (Phi) is 5.74. The van der Waals surface area contributed by atoms with Gasteiger partial charge in [0.2, 0.25) is 0 Å². The van der Waals surface area contributed by atoms with Gasteiger partial charge in [-0.1, -0.05) is 12.1 Å². The van der Waals surface area contributed by atoms with Crippen LogP contribution in [0, 0.1) is 10.1 Å². The largest absolute Gasteiger partial charge is 0.380 e. The molecule has 1 N–H and O–H groups in total. The molecule has 0 aliphatic rings. The van der Waals surface area contributed by atoms with Crippen LogP contribution in [0.3, 0.4) is 0 Å². The maximum absolute atomic E-state index is 10.6. The van der Waals surface area contributed by atoms with Crippen molar-refractivity contribution in [3.05, 3.63) is 39.9 Å². The first-order chi connectivity index (χ1) is 8.54. The van der Waals surface area contributed by atoms with Crippen LogP contribution < -0.4 is 5.32 Å². The van der Waals surface area contributed by atoms with E-state index in [1.807, 2.05) is 13.8 Å². The third-order valence-corrected chi connectivity index (χ3v) is 2.71. The van der Waals surface area contributed by atoms with Gasteiger partial charge in [-0.05, 0) is 26.3 Å². The molecule has 0 heterocycles. The van der Waals surface area contributed by atoms with Crippen molar-refractivity contribution in [2.75, 3.05) is 13.2 Å². The van der Waals surface area contributed by atoms with E-state index in [1.54, 1.807) is 12.1 Å². The number of hydrogen-bond acceptors (Lipinski definition) is 4. The van der Waals surface area contributed by atoms with Crippen LogP contribution in [0.4, 0.5) is 5.69 Å².